The molecule has 0 aliphatic rings. The first-order valence-corrected chi connectivity index (χ1v) is 8.37. The molecule has 9 heteroatoms. The van der Waals surface area contributed by atoms with Crippen molar-refractivity contribution >= 4 is 29.9 Å². The second-order valence-corrected chi connectivity index (χ2v) is 5.73. The average molecular weight is 509 g/mol. The summed E-state index contributed by atoms with van der Waals surface area (Å²) in [5, 5.41) is 3.03. The van der Waals surface area contributed by atoms with Crippen LogP contribution in [0.2, 0.25) is 0 Å². The highest BCUT2D eigenvalue weighted by molar-refractivity contribution is 14.0. The molecule has 0 aliphatic carbocycles. The quantitative estimate of drug-likeness (QED) is 0.322. The van der Waals surface area contributed by atoms with Gasteiger partial charge in [0.15, 0.2) is 5.96 Å². The Morgan fingerprint density at radius 1 is 0.964 bits per heavy atom. The maximum absolute atomic E-state index is 12.1. The zero-order chi connectivity index (χ0) is 19.7. The molecule has 0 aliphatic heterocycles. The molecule has 2 aromatic carbocycles. The van der Waals surface area contributed by atoms with Crippen LogP contribution in [0.1, 0.15) is 11.1 Å². The van der Waals surface area contributed by atoms with Crippen LogP contribution in [0.4, 0.5) is 13.2 Å². The molecule has 0 radical (unpaired) electrons. The molecule has 0 atom stereocenters. The van der Waals surface area contributed by atoms with Gasteiger partial charge >= 0.3 is 6.36 Å². The van der Waals surface area contributed by atoms with E-state index in [0.717, 1.165) is 23.3 Å². The lowest BCUT2D eigenvalue weighted by atomic mass is 10.1. The van der Waals surface area contributed by atoms with Crippen LogP contribution in [-0.2, 0) is 12.8 Å². The highest BCUT2D eigenvalue weighted by atomic mass is 127. The first-order chi connectivity index (χ1) is 12.9. The Morgan fingerprint density at radius 2 is 1.50 bits per heavy atom. The van der Waals surface area contributed by atoms with Crippen LogP contribution in [0, 0.1) is 0 Å². The van der Waals surface area contributed by atoms with Crippen LogP contribution in [0.3, 0.4) is 0 Å². The number of methoxy groups -OCH3 is 1. The second kappa shape index (κ2) is 11.6. The van der Waals surface area contributed by atoms with Gasteiger partial charge in [0.05, 0.1) is 7.11 Å². The van der Waals surface area contributed by atoms with Gasteiger partial charge in [-0.3, -0.25) is 4.99 Å². The summed E-state index contributed by atoms with van der Waals surface area (Å²) in [4.78, 5) is 4.21. The van der Waals surface area contributed by atoms with Crippen LogP contribution in [-0.4, -0.2) is 32.5 Å². The number of guanidine groups is 1. The topological polar surface area (TPSA) is 68.9 Å². The van der Waals surface area contributed by atoms with Crippen LogP contribution in [0.25, 0.3) is 0 Å². The van der Waals surface area contributed by atoms with E-state index in [9.17, 15) is 13.2 Å². The summed E-state index contributed by atoms with van der Waals surface area (Å²) in [6.45, 7) is 1.08. The van der Waals surface area contributed by atoms with E-state index in [1.165, 1.54) is 12.1 Å². The van der Waals surface area contributed by atoms with Gasteiger partial charge in [-0.25, -0.2) is 0 Å². The van der Waals surface area contributed by atoms with Gasteiger partial charge in [0.25, 0.3) is 0 Å². The summed E-state index contributed by atoms with van der Waals surface area (Å²) in [6.07, 6.45) is -3.33. The molecule has 0 spiro atoms. The van der Waals surface area contributed by atoms with E-state index < -0.39 is 6.36 Å². The van der Waals surface area contributed by atoms with Crippen LogP contribution in [0.5, 0.6) is 11.5 Å². The standard InChI is InChI=1S/C19H22F3N3O2.HI/c1-26-16-6-2-14(3-7-16)10-12-24-18(23)25-13-11-15-4-8-17(9-5-15)27-19(20,21)22;/h2-9H,10-13H2,1H3,(H3,23,24,25);1H. The van der Waals surface area contributed by atoms with E-state index in [0.29, 0.717) is 25.5 Å². The number of aliphatic imine (C=N–C) groups is 1. The predicted octanol–water partition coefficient (Wildman–Crippen LogP) is 3.90. The monoisotopic (exact) mass is 509 g/mol. The number of hydrogen-bond donors (Lipinski definition) is 2. The van der Waals surface area contributed by atoms with Crippen molar-refractivity contribution < 1.29 is 22.6 Å². The summed E-state index contributed by atoms with van der Waals surface area (Å²) < 4.78 is 45.3. The molecule has 2 rings (SSSR count). The van der Waals surface area contributed by atoms with Gasteiger partial charge < -0.3 is 20.5 Å². The third kappa shape index (κ3) is 9.16. The van der Waals surface area contributed by atoms with Crippen molar-refractivity contribution in [2.45, 2.75) is 19.2 Å². The Balaban J connectivity index is 0.00000392. The van der Waals surface area contributed by atoms with Gasteiger partial charge in [0.2, 0.25) is 0 Å². The van der Waals surface area contributed by atoms with E-state index in [1.807, 2.05) is 24.3 Å². The highest BCUT2D eigenvalue weighted by Crippen LogP contribution is 2.22. The minimum Gasteiger partial charge on any atom is -0.497 e. The molecule has 0 bridgehead atoms. The molecule has 0 saturated heterocycles. The van der Waals surface area contributed by atoms with Gasteiger partial charge in [-0.05, 0) is 48.2 Å². The number of ether oxygens (including phenoxy) is 2. The molecular formula is C19H23F3IN3O2. The maximum atomic E-state index is 12.1. The lowest BCUT2D eigenvalue weighted by Gasteiger charge is -2.09. The minimum atomic E-state index is -4.68. The molecule has 0 unspecified atom stereocenters. The highest BCUT2D eigenvalue weighted by Gasteiger charge is 2.30. The summed E-state index contributed by atoms with van der Waals surface area (Å²) in [5.74, 6) is 0.904. The van der Waals surface area contributed by atoms with Gasteiger partial charge in [-0.2, -0.15) is 0 Å². The molecule has 154 valence electrons. The number of hydrogen-bond acceptors (Lipinski definition) is 3. The number of rotatable bonds is 8. The van der Waals surface area contributed by atoms with E-state index in [1.54, 1.807) is 19.2 Å². The van der Waals surface area contributed by atoms with Crippen molar-refractivity contribution in [3.63, 3.8) is 0 Å². The van der Waals surface area contributed by atoms with Crippen LogP contribution in [0.15, 0.2) is 53.5 Å². The molecule has 2 aromatic rings. The van der Waals surface area contributed by atoms with Crippen molar-refractivity contribution in [1.29, 1.82) is 0 Å². The first kappa shape index (κ1) is 23.9. The van der Waals surface area contributed by atoms with Crippen molar-refractivity contribution in [2.75, 3.05) is 20.2 Å². The molecule has 0 fully saturated rings. The van der Waals surface area contributed by atoms with Crippen molar-refractivity contribution in [3.8, 4) is 11.5 Å². The third-order valence-corrected chi connectivity index (χ3v) is 3.72. The first-order valence-electron chi connectivity index (χ1n) is 8.37. The largest absolute Gasteiger partial charge is 0.573 e. The van der Waals surface area contributed by atoms with Crippen molar-refractivity contribution in [1.82, 2.24) is 5.32 Å². The van der Waals surface area contributed by atoms with Crippen molar-refractivity contribution in [3.05, 3.63) is 59.7 Å². The Morgan fingerprint density at radius 3 is 2.04 bits per heavy atom. The molecule has 0 heterocycles. The summed E-state index contributed by atoms with van der Waals surface area (Å²) in [5.41, 5.74) is 7.81. The Kier molecular flexibility index (Phi) is 9.91. The van der Waals surface area contributed by atoms with Gasteiger partial charge in [-0.1, -0.05) is 24.3 Å². The number of halogens is 4. The Bertz CT molecular complexity index is 736. The molecule has 5 nitrogen and oxygen atoms in total. The summed E-state index contributed by atoms with van der Waals surface area (Å²) in [6, 6.07) is 13.5. The van der Waals surface area contributed by atoms with Gasteiger partial charge in [-0.15, -0.1) is 37.1 Å². The molecular weight excluding hydrogens is 486 g/mol. The fourth-order valence-corrected chi connectivity index (χ4v) is 2.35. The molecule has 3 N–H and O–H groups in total. The van der Waals surface area contributed by atoms with E-state index >= 15 is 0 Å². The lowest BCUT2D eigenvalue weighted by molar-refractivity contribution is -0.274. The Hall–Kier alpha value is -2.17. The molecule has 0 saturated carbocycles. The van der Waals surface area contributed by atoms with Gasteiger partial charge in [0, 0.05) is 13.1 Å². The second-order valence-electron chi connectivity index (χ2n) is 5.73. The van der Waals surface area contributed by atoms with Crippen molar-refractivity contribution in [2.24, 2.45) is 10.7 Å². The maximum Gasteiger partial charge on any atom is 0.573 e. The van der Waals surface area contributed by atoms with E-state index in [4.69, 9.17) is 10.5 Å². The number of nitrogens with zero attached hydrogens (tertiary/aromatic N) is 1. The average Bonchev–Trinajstić information content (AvgIpc) is 2.62. The molecule has 28 heavy (non-hydrogen) atoms. The number of nitrogens with one attached hydrogen (secondary N) is 1. The summed E-state index contributed by atoms with van der Waals surface area (Å²) >= 11 is 0. The molecule has 0 aromatic heterocycles. The number of nitrogens with two attached hydrogens (primary N) is 1. The fourth-order valence-electron chi connectivity index (χ4n) is 2.35. The Labute approximate surface area is 179 Å². The van der Waals surface area contributed by atoms with Crippen LogP contribution >= 0.6 is 24.0 Å². The van der Waals surface area contributed by atoms with Gasteiger partial charge in [0.1, 0.15) is 11.5 Å². The van der Waals surface area contributed by atoms with Crippen LogP contribution < -0.4 is 20.5 Å². The number of alkyl halides is 3. The zero-order valence-electron chi connectivity index (χ0n) is 15.3. The molecule has 0 amide bonds. The fraction of sp³-hybridized carbons (Fsp3) is 0.316. The third-order valence-electron chi connectivity index (χ3n) is 3.72. The minimum absolute atomic E-state index is 0. The summed E-state index contributed by atoms with van der Waals surface area (Å²) in [7, 11) is 1.62. The van der Waals surface area contributed by atoms with E-state index in [-0.39, 0.29) is 29.7 Å². The predicted molar refractivity (Wildman–Crippen MR) is 113 cm³/mol. The number of benzene rings is 2. The normalized spacial score (nSPS) is 11.5. The smallest absolute Gasteiger partial charge is 0.497 e. The zero-order valence-corrected chi connectivity index (χ0v) is 17.7. The van der Waals surface area contributed by atoms with E-state index in [2.05, 4.69) is 15.0 Å². The SMILES string of the molecule is COc1ccc(CCNC(N)=NCCc2ccc(OC(F)(F)F)cc2)cc1.I. The lowest BCUT2D eigenvalue weighted by Crippen LogP contribution is -2.33.